The number of aromatic amines is 2. The standard InChI is InChI=1S/C32H16I2N8/c33-22-14-13-21-23(24(22)34)32-41-30-20-12-6-5-11-19(20)28(39-30)37-26-16-8-2-1-7-15(16)25(35-26)36-27-17-9-3-4-10-18(17)29(38-27)40-31(21)42-32/h1-14H,(H2,35,36,37,38,39,40,41,42). The molecule has 4 aromatic carbocycles. The van der Waals surface area contributed by atoms with Crippen molar-refractivity contribution in [2.24, 2.45) is 0 Å². The molecule has 42 heavy (non-hydrogen) atoms. The largest absolute Gasteiger partial charge is 0.324 e. The molecule has 3 aromatic heterocycles. The summed E-state index contributed by atoms with van der Waals surface area (Å²) in [6.45, 7) is 0. The highest BCUT2D eigenvalue weighted by atomic mass is 127. The molecule has 8 nitrogen and oxygen atoms in total. The summed E-state index contributed by atoms with van der Waals surface area (Å²) in [6, 6.07) is 28.4. The lowest BCUT2D eigenvalue weighted by Crippen LogP contribution is -1.84. The van der Waals surface area contributed by atoms with Crippen molar-refractivity contribution in [2.45, 2.75) is 0 Å². The van der Waals surface area contributed by atoms with Crippen LogP contribution < -0.4 is 0 Å². The number of nitrogens with zero attached hydrogens (tertiary/aromatic N) is 6. The van der Waals surface area contributed by atoms with Crippen molar-refractivity contribution in [1.29, 1.82) is 0 Å². The van der Waals surface area contributed by atoms with Gasteiger partial charge in [0.05, 0.1) is 0 Å². The zero-order chi connectivity index (χ0) is 27.9. The Balaban J connectivity index is 1.52. The van der Waals surface area contributed by atoms with Crippen LogP contribution in [0, 0.1) is 7.14 Å². The predicted octanol–water partition coefficient (Wildman–Crippen LogP) is 8.08. The van der Waals surface area contributed by atoms with Crippen molar-refractivity contribution in [3.8, 4) is 45.6 Å². The molecule has 0 saturated heterocycles. The normalized spacial score (nSPS) is 12.0. The molecule has 198 valence electrons. The third-order valence-corrected chi connectivity index (χ3v) is 10.7. The average molecular weight is 766 g/mol. The minimum atomic E-state index is 0.596. The summed E-state index contributed by atoms with van der Waals surface area (Å²) in [4.78, 5) is 37.1. The molecule has 0 saturated carbocycles. The third-order valence-electron chi connectivity index (χ3n) is 7.61. The number of hydrogen-bond acceptors (Lipinski definition) is 6. The summed E-state index contributed by atoms with van der Waals surface area (Å²) in [5.74, 6) is 2.39. The van der Waals surface area contributed by atoms with Gasteiger partial charge >= 0.3 is 0 Å². The highest BCUT2D eigenvalue weighted by Gasteiger charge is 2.22. The summed E-state index contributed by atoms with van der Waals surface area (Å²) < 4.78 is 2.23. The highest BCUT2D eigenvalue weighted by Crippen LogP contribution is 2.37. The molecule has 10 heteroatoms. The van der Waals surface area contributed by atoms with Gasteiger partial charge in [0.1, 0.15) is 22.6 Å². The molecule has 0 atom stereocenters. The van der Waals surface area contributed by atoms with Crippen molar-refractivity contribution in [2.75, 3.05) is 0 Å². The topological polar surface area (TPSA) is 109 Å². The van der Waals surface area contributed by atoms with Crippen LogP contribution >= 0.6 is 45.2 Å². The number of rotatable bonds is 0. The molecule has 5 heterocycles. The molecule has 2 aliphatic rings. The maximum absolute atomic E-state index is 5.11. The van der Waals surface area contributed by atoms with E-state index in [1.165, 1.54) is 0 Å². The van der Waals surface area contributed by atoms with Crippen LogP contribution in [0.4, 0.5) is 0 Å². The van der Waals surface area contributed by atoms with Gasteiger partial charge in [-0.25, -0.2) is 29.9 Å². The molecular weight excluding hydrogens is 750 g/mol. The van der Waals surface area contributed by atoms with Crippen molar-refractivity contribution in [3.05, 3.63) is 92.1 Å². The third kappa shape index (κ3) is 3.57. The van der Waals surface area contributed by atoms with Crippen LogP contribution in [0.1, 0.15) is 0 Å². The number of nitrogens with one attached hydrogen (secondary N) is 2. The van der Waals surface area contributed by atoms with Crippen LogP contribution in [-0.4, -0.2) is 39.9 Å². The second-order valence-electron chi connectivity index (χ2n) is 10.0. The maximum Gasteiger partial charge on any atom is 0.164 e. The Kier molecular flexibility index (Phi) is 5.27. The minimum Gasteiger partial charge on any atom is -0.324 e. The Labute approximate surface area is 265 Å². The highest BCUT2D eigenvalue weighted by molar-refractivity contribution is 14.1. The summed E-state index contributed by atoms with van der Waals surface area (Å²) in [5, 5.41) is 3.87. The molecule has 8 bridgehead atoms. The van der Waals surface area contributed by atoms with E-state index in [2.05, 4.69) is 67.3 Å². The van der Waals surface area contributed by atoms with Gasteiger partial charge in [0.2, 0.25) is 0 Å². The second-order valence-corrected chi connectivity index (χ2v) is 12.3. The molecule has 0 unspecified atom stereocenters. The van der Waals surface area contributed by atoms with E-state index in [-0.39, 0.29) is 0 Å². The molecule has 9 rings (SSSR count). The van der Waals surface area contributed by atoms with Crippen LogP contribution in [0.5, 0.6) is 0 Å². The van der Waals surface area contributed by atoms with E-state index in [0.29, 0.717) is 45.9 Å². The van der Waals surface area contributed by atoms with Gasteiger partial charge in [0.25, 0.3) is 0 Å². The van der Waals surface area contributed by atoms with E-state index in [0.717, 1.165) is 50.9 Å². The first-order valence-corrected chi connectivity index (χ1v) is 15.4. The summed E-state index contributed by atoms with van der Waals surface area (Å²) in [5.41, 5.74) is 6.46. The molecule has 0 fully saturated rings. The fourth-order valence-corrected chi connectivity index (χ4v) is 6.84. The quantitative estimate of drug-likeness (QED) is 0.151. The smallest absolute Gasteiger partial charge is 0.164 e. The van der Waals surface area contributed by atoms with Crippen LogP contribution in [0.3, 0.4) is 0 Å². The molecule has 2 aliphatic heterocycles. The molecule has 0 radical (unpaired) electrons. The van der Waals surface area contributed by atoms with Gasteiger partial charge in [-0.1, -0.05) is 72.8 Å². The number of halogens is 2. The number of benzene rings is 4. The van der Waals surface area contributed by atoms with E-state index >= 15 is 0 Å². The lowest BCUT2D eigenvalue weighted by Gasteiger charge is -1.99. The first-order chi connectivity index (χ1) is 20.6. The van der Waals surface area contributed by atoms with Crippen LogP contribution in [-0.2, 0) is 0 Å². The maximum atomic E-state index is 5.11. The lowest BCUT2D eigenvalue weighted by atomic mass is 10.1. The van der Waals surface area contributed by atoms with Gasteiger partial charge in [-0.15, -0.1) is 0 Å². The van der Waals surface area contributed by atoms with Crippen molar-refractivity contribution >= 4 is 89.3 Å². The Morgan fingerprint density at radius 3 is 1.31 bits per heavy atom. The number of fused-ring (bicyclic) bond motifs is 20. The predicted molar refractivity (Wildman–Crippen MR) is 181 cm³/mol. The zero-order valence-electron chi connectivity index (χ0n) is 21.5. The van der Waals surface area contributed by atoms with Gasteiger partial charge < -0.3 is 9.97 Å². The lowest BCUT2D eigenvalue weighted by molar-refractivity contribution is 1.19. The number of hydrogen-bond donors (Lipinski definition) is 2. The fourth-order valence-electron chi connectivity index (χ4n) is 5.67. The molecule has 0 spiro atoms. The van der Waals surface area contributed by atoms with Crippen LogP contribution in [0.15, 0.2) is 84.9 Å². The number of aromatic nitrogens is 8. The van der Waals surface area contributed by atoms with E-state index < -0.39 is 0 Å². The molecule has 2 N–H and O–H groups in total. The van der Waals surface area contributed by atoms with Crippen LogP contribution in [0.25, 0.3) is 89.7 Å². The summed E-state index contributed by atoms with van der Waals surface area (Å²) >= 11 is 4.74. The van der Waals surface area contributed by atoms with Crippen molar-refractivity contribution in [3.63, 3.8) is 0 Å². The van der Waals surface area contributed by atoms with Crippen molar-refractivity contribution < 1.29 is 0 Å². The Morgan fingerprint density at radius 1 is 0.405 bits per heavy atom. The van der Waals surface area contributed by atoms with Crippen molar-refractivity contribution in [1.82, 2.24) is 39.9 Å². The Bertz CT molecular complexity index is 2460. The van der Waals surface area contributed by atoms with E-state index in [9.17, 15) is 0 Å². The summed E-state index contributed by atoms with van der Waals surface area (Å²) in [6.07, 6.45) is 0. The Hall–Kier alpha value is -4.30. The first kappa shape index (κ1) is 24.3. The number of H-pyrrole nitrogens is 2. The fraction of sp³-hybridized carbons (Fsp3) is 0. The minimum absolute atomic E-state index is 0.596. The summed E-state index contributed by atoms with van der Waals surface area (Å²) in [7, 11) is 0. The Morgan fingerprint density at radius 2 is 0.810 bits per heavy atom. The van der Waals surface area contributed by atoms with E-state index in [1.807, 2.05) is 72.8 Å². The van der Waals surface area contributed by atoms with E-state index in [4.69, 9.17) is 29.9 Å². The van der Waals surface area contributed by atoms with Gasteiger partial charge in [-0.05, 0) is 57.3 Å². The average Bonchev–Trinajstić information content (AvgIpc) is 3.74. The van der Waals surface area contributed by atoms with Gasteiger partial charge in [-0.2, -0.15) is 0 Å². The molecular formula is C32H16I2N8. The van der Waals surface area contributed by atoms with Gasteiger partial charge in [0.15, 0.2) is 23.3 Å². The monoisotopic (exact) mass is 766 g/mol. The van der Waals surface area contributed by atoms with E-state index in [1.54, 1.807) is 0 Å². The van der Waals surface area contributed by atoms with Gasteiger partial charge in [-0.3, -0.25) is 0 Å². The van der Waals surface area contributed by atoms with Gasteiger partial charge in [0, 0.05) is 50.9 Å². The van der Waals surface area contributed by atoms with Crippen LogP contribution in [0.2, 0.25) is 0 Å². The first-order valence-electron chi connectivity index (χ1n) is 13.2. The molecule has 7 aromatic rings. The SMILES string of the molecule is Ic1ccc2c3nc4nc(nc5[nH]c(nc6nc(nc([nH]3)c2c1I)-c1ccccc1-6)c1ccccc51)-c1ccccc1-4. The zero-order valence-corrected chi connectivity index (χ0v) is 25.8. The molecule has 0 amide bonds. The second kappa shape index (κ2) is 9.10. The molecule has 0 aliphatic carbocycles.